The van der Waals surface area contributed by atoms with Crippen molar-refractivity contribution >= 4 is 39.9 Å². The Balaban J connectivity index is 1.90. The number of aromatic nitrogens is 1. The van der Waals surface area contributed by atoms with Gasteiger partial charge in [0.1, 0.15) is 17.4 Å². The van der Waals surface area contributed by atoms with Crippen LogP contribution in [-0.2, 0) is 14.4 Å². The van der Waals surface area contributed by atoms with Crippen molar-refractivity contribution < 1.29 is 14.4 Å². The van der Waals surface area contributed by atoms with Gasteiger partial charge in [-0.3, -0.25) is 19.8 Å². The highest BCUT2D eigenvalue weighted by atomic mass is 32.1. The fourth-order valence-electron chi connectivity index (χ4n) is 1.81. The van der Waals surface area contributed by atoms with Crippen LogP contribution in [0.15, 0.2) is 5.38 Å². The number of β-lactam (4-membered cyclic amide) rings is 1. The Morgan fingerprint density at radius 3 is 2.77 bits per heavy atom. The number of carbonyl (C=O) groups is 3. The molecule has 1 aliphatic heterocycles. The Hall–Kier alpha value is -2.53. The van der Waals surface area contributed by atoms with E-state index in [0.717, 1.165) is 11.3 Å². The first-order valence-corrected chi connectivity index (χ1v) is 7.18. The summed E-state index contributed by atoms with van der Waals surface area (Å²) in [6, 6.07) is -1.26. The van der Waals surface area contributed by atoms with E-state index in [1.54, 1.807) is 0 Å². The maximum absolute atomic E-state index is 11.9. The second-order valence-electron chi connectivity index (χ2n) is 4.52. The average Bonchev–Trinajstić information content (AvgIpc) is 2.93. The molecular weight excluding hydrogens is 310 g/mol. The number of rotatable bonds is 6. The number of anilines is 1. The van der Waals surface area contributed by atoms with Crippen LogP contribution >= 0.6 is 11.3 Å². The van der Waals surface area contributed by atoms with Crippen LogP contribution in [0.5, 0.6) is 0 Å². The molecule has 2 heterocycles. The van der Waals surface area contributed by atoms with E-state index in [0.29, 0.717) is 0 Å². The predicted octanol–water partition coefficient (Wildman–Crippen LogP) is -2.85. The molecule has 0 spiro atoms. The summed E-state index contributed by atoms with van der Waals surface area (Å²) in [5, 5.41) is 17.0. The molecule has 3 amide bonds. The van der Waals surface area contributed by atoms with Gasteiger partial charge in [-0.1, -0.05) is 0 Å². The summed E-state index contributed by atoms with van der Waals surface area (Å²) in [4.78, 5) is 38.3. The quantitative estimate of drug-likeness (QED) is 0.242. The van der Waals surface area contributed by atoms with Crippen molar-refractivity contribution in [2.45, 2.75) is 12.1 Å². The van der Waals surface area contributed by atoms with Crippen LogP contribution in [0.25, 0.3) is 0 Å². The third kappa shape index (κ3) is 3.38. The van der Waals surface area contributed by atoms with Gasteiger partial charge in [-0.25, -0.2) is 4.98 Å². The highest BCUT2D eigenvalue weighted by Gasteiger charge is 2.40. The van der Waals surface area contributed by atoms with Gasteiger partial charge in [0, 0.05) is 11.9 Å². The molecule has 2 atom stereocenters. The minimum absolute atomic E-state index is 0.143. The van der Waals surface area contributed by atoms with Crippen molar-refractivity contribution in [3.63, 3.8) is 0 Å². The van der Waals surface area contributed by atoms with Crippen molar-refractivity contribution in [1.82, 2.24) is 20.9 Å². The number of nitrogens with one attached hydrogen (secondary N) is 4. The largest absolute Gasteiger partial charge is 0.375 e. The van der Waals surface area contributed by atoms with Gasteiger partial charge < -0.3 is 27.4 Å². The third-order valence-electron chi connectivity index (χ3n) is 3.01. The summed E-state index contributed by atoms with van der Waals surface area (Å²) in [7, 11) is 0. The van der Waals surface area contributed by atoms with Crippen LogP contribution in [0, 0.1) is 5.41 Å². The number of amides is 3. The third-order valence-corrected chi connectivity index (χ3v) is 3.68. The molecule has 1 aromatic heterocycles. The predicted molar refractivity (Wildman–Crippen MR) is 79.3 cm³/mol. The van der Waals surface area contributed by atoms with E-state index in [9.17, 15) is 14.4 Å². The van der Waals surface area contributed by atoms with Crippen molar-refractivity contribution in [3.05, 3.63) is 11.1 Å². The van der Waals surface area contributed by atoms with Crippen LogP contribution < -0.4 is 27.4 Å². The SMILES string of the molecule is N=C(C(=O)N[C@@H]1C(=O)N[C@@H]1CNC(=O)CN)c1csc(N)n1. The van der Waals surface area contributed by atoms with Gasteiger partial charge in [0.05, 0.1) is 12.6 Å². The number of nitrogens with zero attached hydrogens (tertiary/aromatic N) is 1. The van der Waals surface area contributed by atoms with E-state index in [1.807, 2.05) is 0 Å². The van der Waals surface area contributed by atoms with E-state index in [4.69, 9.17) is 16.9 Å². The second-order valence-corrected chi connectivity index (χ2v) is 5.41. The van der Waals surface area contributed by atoms with Crippen molar-refractivity contribution in [2.75, 3.05) is 18.8 Å². The lowest BCUT2D eigenvalue weighted by Gasteiger charge is -2.37. The minimum atomic E-state index is -0.818. The topological polar surface area (TPSA) is 176 Å². The Labute approximate surface area is 129 Å². The van der Waals surface area contributed by atoms with Crippen molar-refractivity contribution in [1.29, 1.82) is 5.41 Å². The Bertz CT molecular complexity index is 629. The molecular formula is C11H15N7O3S. The minimum Gasteiger partial charge on any atom is -0.375 e. The molecule has 1 aliphatic rings. The van der Waals surface area contributed by atoms with Gasteiger partial charge in [0.25, 0.3) is 5.91 Å². The first-order chi connectivity index (χ1) is 10.4. The smallest absolute Gasteiger partial charge is 0.272 e. The Morgan fingerprint density at radius 2 is 2.23 bits per heavy atom. The molecule has 0 unspecified atom stereocenters. The maximum atomic E-state index is 11.9. The Kier molecular flexibility index (Phi) is 4.68. The lowest BCUT2D eigenvalue weighted by atomic mass is 9.98. The van der Waals surface area contributed by atoms with Gasteiger partial charge in [0.15, 0.2) is 5.13 Å². The number of hydrogen-bond donors (Lipinski definition) is 6. The van der Waals surface area contributed by atoms with Crippen LogP contribution in [0.3, 0.4) is 0 Å². The van der Waals surface area contributed by atoms with Crippen LogP contribution in [0.1, 0.15) is 5.69 Å². The first kappa shape index (κ1) is 15.9. The Morgan fingerprint density at radius 1 is 1.50 bits per heavy atom. The lowest BCUT2D eigenvalue weighted by molar-refractivity contribution is -0.135. The molecule has 0 aromatic carbocycles. The molecule has 1 saturated heterocycles. The summed E-state index contributed by atoms with van der Waals surface area (Å²) in [5.74, 6) is -1.48. The molecule has 1 aromatic rings. The van der Waals surface area contributed by atoms with E-state index < -0.39 is 18.0 Å². The molecule has 22 heavy (non-hydrogen) atoms. The monoisotopic (exact) mass is 325 g/mol. The van der Waals surface area contributed by atoms with Gasteiger partial charge >= 0.3 is 0 Å². The zero-order chi connectivity index (χ0) is 16.3. The molecule has 0 radical (unpaired) electrons. The van der Waals surface area contributed by atoms with E-state index in [1.165, 1.54) is 5.38 Å². The molecule has 8 N–H and O–H groups in total. The first-order valence-electron chi connectivity index (χ1n) is 6.30. The standard InChI is InChI=1S/C11H15N7O3S/c12-1-6(19)15-2-4-8(10(21)16-4)18-9(20)7(13)5-3-22-11(14)17-5/h3-4,8,13H,1-2,12H2,(H2,14,17)(H,15,19)(H,16,21)(H,18,20)/t4-,8+/m1/s1. The van der Waals surface area contributed by atoms with Crippen LogP contribution in [-0.4, -0.2) is 53.6 Å². The van der Waals surface area contributed by atoms with Crippen LogP contribution in [0.4, 0.5) is 5.13 Å². The fraction of sp³-hybridized carbons (Fsp3) is 0.364. The molecule has 0 bridgehead atoms. The molecule has 0 aliphatic carbocycles. The molecule has 1 fully saturated rings. The summed E-state index contributed by atoms with van der Waals surface area (Å²) in [5.41, 5.74) is 10.4. The molecule has 2 rings (SSSR count). The van der Waals surface area contributed by atoms with Crippen LogP contribution in [0.2, 0.25) is 0 Å². The summed E-state index contributed by atoms with van der Waals surface area (Å²) < 4.78 is 0. The second kappa shape index (κ2) is 6.49. The molecule has 11 heteroatoms. The summed E-state index contributed by atoms with van der Waals surface area (Å²) >= 11 is 1.11. The van der Waals surface area contributed by atoms with Gasteiger partial charge in [0.2, 0.25) is 11.8 Å². The zero-order valence-electron chi connectivity index (χ0n) is 11.4. The van der Waals surface area contributed by atoms with Gasteiger partial charge in [-0.2, -0.15) is 0 Å². The number of thiazole rings is 1. The molecule has 0 saturated carbocycles. The highest BCUT2D eigenvalue weighted by Crippen LogP contribution is 2.12. The lowest BCUT2D eigenvalue weighted by Crippen LogP contribution is -2.72. The summed E-state index contributed by atoms with van der Waals surface area (Å²) in [6.07, 6.45) is 0. The van der Waals surface area contributed by atoms with E-state index >= 15 is 0 Å². The number of nitrogens with two attached hydrogens (primary N) is 2. The number of hydrogen-bond acceptors (Lipinski definition) is 8. The maximum Gasteiger partial charge on any atom is 0.272 e. The van der Waals surface area contributed by atoms with Gasteiger partial charge in [-0.05, 0) is 0 Å². The fourth-order valence-corrected chi connectivity index (χ4v) is 2.36. The zero-order valence-corrected chi connectivity index (χ0v) is 12.2. The van der Waals surface area contributed by atoms with E-state index in [2.05, 4.69) is 20.9 Å². The van der Waals surface area contributed by atoms with Crippen molar-refractivity contribution in [2.24, 2.45) is 5.73 Å². The molecule has 10 nitrogen and oxygen atoms in total. The molecule has 118 valence electrons. The summed E-state index contributed by atoms with van der Waals surface area (Å²) in [6.45, 7) is -0.0166. The highest BCUT2D eigenvalue weighted by molar-refractivity contribution is 7.13. The van der Waals surface area contributed by atoms with E-state index in [-0.39, 0.29) is 41.4 Å². The van der Waals surface area contributed by atoms with Gasteiger partial charge in [-0.15, -0.1) is 11.3 Å². The average molecular weight is 325 g/mol. The number of carbonyl (C=O) groups excluding carboxylic acids is 3. The van der Waals surface area contributed by atoms with Crippen molar-refractivity contribution in [3.8, 4) is 0 Å². The normalized spacial score (nSPS) is 19.8. The number of nitrogen functional groups attached to an aromatic ring is 1.